The second-order valence-corrected chi connectivity index (χ2v) is 8.39. The van der Waals surface area contributed by atoms with Crippen LogP contribution >= 0.6 is 11.5 Å². The van der Waals surface area contributed by atoms with Gasteiger partial charge in [-0.2, -0.15) is 4.37 Å². The van der Waals surface area contributed by atoms with Crippen LogP contribution in [0.1, 0.15) is 46.0 Å². The van der Waals surface area contributed by atoms with Gasteiger partial charge in [-0.1, -0.05) is 6.07 Å². The molecule has 8 nitrogen and oxygen atoms in total. The Balaban J connectivity index is 1.36. The van der Waals surface area contributed by atoms with Crippen molar-refractivity contribution in [2.75, 3.05) is 25.0 Å². The van der Waals surface area contributed by atoms with E-state index in [4.69, 9.17) is 4.74 Å². The predicted molar refractivity (Wildman–Crippen MR) is 107 cm³/mol. The van der Waals surface area contributed by atoms with Gasteiger partial charge in [0, 0.05) is 31.4 Å². The highest BCUT2D eigenvalue weighted by Gasteiger charge is 2.40. The van der Waals surface area contributed by atoms with Gasteiger partial charge in [-0.05, 0) is 54.6 Å². The Kier molecular flexibility index (Phi) is 5.39. The summed E-state index contributed by atoms with van der Waals surface area (Å²) in [4.78, 5) is 26.1. The fraction of sp³-hybridized carbons (Fsp3) is 0.450. The predicted octanol–water partition coefficient (Wildman–Crippen LogP) is 1.62. The molecule has 2 aliphatic heterocycles. The van der Waals surface area contributed by atoms with Crippen molar-refractivity contribution in [3.8, 4) is 0 Å². The number of likely N-dealkylation sites (tertiary alicyclic amines) is 1. The molecule has 1 atom stereocenters. The second kappa shape index (κ2) is 7.83. The second-order valence-electron chi connectivity index (χ2n) is 7.56. The number of cyclic esters (lactones) is 1. The van der Waals surface area contributed by atoms with E-state index in [2.05, 4.69) is 9.69 Å². The number of β-amino-alcohol motifs (C(OH)–C–C–N with tert-alkyl or cyclic N) is 1. The fourth-order valence-electron chi connectivity index (χ4n) is 3.91. The number of piperidine rings is 1. The largest absolute Gasteiger partial charge is 0.457 e. The van der Waals surface area contributed by atoms with Crippen molar-refractivity contribution in [1.29, 1.82) is 0 Å². The molecule has 1 saturated heterocycles. The summed E-state index contributed by atoms with van der Waals surface area (Å²) in [6, 6.07) is 5.16. The van der Waals surface area contributed by atoms with Crippen LogP contribution in [0.3, 0.4) is 0 Å². The Hall–Kier alpha value is -2.33. The number of ether oxygens (including phenoxy) is 1. The van der Waals surface area contributed by atoms with Gasteiger partial charge in [-0.3, -0.25) is 4.79 Å². The van der Waals surface area contributed by atoms with E-state index < -0.39 is 17.6 Å². The van der Waals surface area contributed by atoms with Gasteiger partial charge in [0.2, 0.25) is 0 Å². The maximum absolute atomic E-state index is 12.4. The number of aliphatic hydroxyl groups excluding tert-OH is 1. The van der Waals surface area contributed by atoms with Crippen LogP contribution in [0.4, 0.5) is 5.00 Å². The number of nitrogens with zero attached hydrogens (tertiary/aromatic N) is 2. The Morgan fingerprint density at radius 2 is 2.14 bits per heavy atom. The van der Waals surface area contributed by atoms with Gasteiger partial charge in [0.15, 0.2) is 0 Å². The normalized spacial score (nSPS) is 19.5. The topological polar surface area (TPSA) is 112 Å². The van der Waals surface area contributed by atoms with Crippen LogP contribution in [0, 0.1) is 6.92 Å². The number of aliphatic hydroxyl groups is 2. The van der Waals surface area contributed by atoms with Crippen LogP contribution in [-0.4, -0.2) is 56.6 Å². The maximum atomic E-state index is 12.4. The van der Waals surface area contributed by atoms with E-state index in [0.29, 0.717) is 30.2 Å². The summed E-state index contributed by atoms with van der Waals surface area (Å²) in [6.07, 6.45) is 1.44. The van der Waals surface area contributed by atoms with Gasteiger partial charge in [-0.25, -0.2) is 4.79 Å². The number of esters is 1. The molecule has 1 aromatic heterocycles. The standard InChI is InChI=1S/C20H23N3O5S/c1-12-13(2-3-14-15(12)11-28-18(14)25)16(24)10-23-8-5-20(27,6-9-23)19(26)22-17-4-7-21-29-17/h2-4,7,16,24,27H,5-6,8-11H2,1H3,(H,22,26). The molecular formula is C20H23N3O5S. The van der Waals surface area contributed by atoms with Crippen molar-refractivity contribution >= 4 is 28.4 Å². The summed E-state index contributed by atoms with van der Waals surface area (Å²) in [5, 5.41) is 24.8. The van der Waals surface area contributed by atoms with Gasteiger partial charge < -0.3 is 25.2 Å². The lowest BCUT2D eigenvalue weighted by molar-refractivity contribution is -0.139. The average Bonchev–Trinajstić information content (AvgIpc) is 3.34. The molecule has 1 fully saturated rings. The van der Waals surface area contributed by atoms with Crippen molar-refractivity contribution in [3.63, 3.8) is 0 Å². The van der Waals surface area contributed by atoms with Crippen LogP contribution in [0.2, 0.25) is 0 Å². The molecule has 3 heterocycles. The third kappa shape index (κ3) is 3.91. The maximum Gasteiger partial charge on any atom is 0.338 e. The zero-order valence-corrected chi connectivity index (χ0v) is 16.9. The zero-order valence-electron chi connectivity index (χ0n) is 16.1. The first-order valence-electron chi connectivity index (χ1n) is 9.52. The molecule has 0 bridgehead atoms. The highest BCUT2D eigenvalue weighted by molar-refractivity contribution is 7.10. The first-order valence-corrected chi connectivity index (χ1v) is 10.3. The van der Waals surface area contributed by atoms with Crippen molar-refractivity contribution in [2.45, 2.75) is 38.1 Å². The van der Waals surface area contributed by atoms with E-state index in [-0.39, 0.29) is 25.4 Å². The number of nitrogens with one attached hydrogen (secondary N) is 1. The number of benzene rings is 1. The number of anilines is 1. The summed E-state index contributed by atoms with van der Waals surface area (Å²) in [5.41, 5.74) is 1.61. The van der Waals surface area contributed by atoms with E-state index in [1.54, 1.807) is 24.4 Å². The summed E-state index contributed by atoms with van der Waals surface area (Å²) in [7, 11) is 0. The number of hydrogen-bond acceptors (Lipinski definition) is 8. The molecule has 0 radical (unpaired) electrons. The molecule has 2 aromatic rings. The molecule has 0 spiro atoms. The highest BCUT2D eigenvalue weighted by Crippen LogP contribution is 2.31. The van der Waals surface area contributed by atoms with Crippen molar-refractivity contribution in [1.82, 2.24) is 9.27 Å². The zero-order chi connectivity index (χ0) is 20.6. The number of aromatic nitrogens is 1. The number of fused-ring (bicyclic) bond motifs is 1. The molecule has 29 heavy (non-hydrogen) atoms. The highest BCUT2D eigenvalue weighted by atomic mass is 32.1. The first kappa shape index (κ1) is 20.0. The lowest BCUT2D eigenvalue weighted by Gasteiger charge is -2.37. The third-order valence-electron chi connectivity index (χ3n) is 5.78. The van der Waals surface area contributed by atoms with Gasteiger partial charge >= 0.3 is 5.97 Å². The fourth-order valence-corrected chi connectivity index (χ4v) is 4.41. The monoisotopic (exact) mass is 417 g/mol. The summed E-state index contributed by atoms with van der Waals surface area (Å²) < 4.78 is 9.00. The lowest BCUT2D eigenvalue weighted by Crippen LogP contribution is -2.52. The molecule has 1 amide bonds. The Bertz CT molecular complexity index is 922. The molecule has 0 aliphatic carbocycles. The summed E-state index contributed by atoms with van der Waals surface area (Å²) in [5.74, 6) is -0.739. The Morgan fingerprint density at radius 1 is 1.38 bits per heavy atom. The molecule has 0 saturated carbocycles. The number of carbonyl (C=O) groups excluding carboxylic acids is 2. The first-order chi connectivity index (χ1) is 13.9. The molecule has 4 rings (SSSR count). The number of carbonyl (C=O) groups is 2. The van der Waals surface area contributed by atoms with E-state index in [9.17, 15) is 19.8 Å². The third-order valence-corrected chi connectivity index (χ3v) is 6.44. The van der Waals surface area contributed by atoms with Crippen LogP contribution < -0.4 is 5.32 Å². The van der Waals surface area contributed by atoms with Crippen LogP contribution in [0.5, 0.6) is 0 Å². The van der Waals surface area contributed by atoms with Crippen molar-refractivity contribution in [3.05, 3.63) is 46.6 Å². The van der Waals surface area contributed by atoms with Crippen LogP contribution in [0.15, 0.2) is 24.4 Å². The molecule has 154 valence electrons. The van der Waals surface area contributed by atoms with E-state index in [1.807, 2.05) is 11.8 Å². The average molecular weight is 417 g/mol. The van der Waals surface area contributed by atoms with E-state index in [0.717, 1.165) is 28.2 Å². The van der Waals surface area contributed by atoms with Gasteiger partial charge in [0.25, 0.3) is 5.91 Å². The summed E-state index contributed by atoms with van der Waals surface area (Å²) in [6.45, 7) is 3.51. The van der Waals surface area contributed by atoms with Gasteiger partial charge in [0.05, 0.1) is 11.7 Å². The smallest absolute Gasteiger partial charge is 0.338 e. The SMILES string of the molecule is Cc1c(C(O)CN2CCC(O)(C(=O)Nc3ccns3)CC2)ccc2c1COC2=O. The van der Waals surface area contributed by atoms with E-state index in [1.165, 1.54) is 0 Å². The molecule has 3 N–H and O–H groups in total. The number of rotatable bonds is 5. The van der Waals surface area contributed by atoms with Crippen LogP contribution in [0.25, 0.3) is 0 Å². The minimum absolute atomic E-state index is 0.242. The van der Waals surface area contributed by atoms with E-state index >= 15 is 0 Å². The number of amides is 1. The minimum Gasteiger partial charge on any atom is -0.457 e. The van der Waals surface area contributed by atoms with Crippen molar-refractivity contribution < 1.29 is 24.5 Å². The lowest BCUT2D eigenvalue weighted by atomic mass is 9.89. The minimum atomic E-state index is -1.42. The summed E-state index contributed by atoms with van der Waals surface area (Å²) >= 11 is 1.16. The Labute approximate surface area is 172 Å². The molecule has 2 aliphatic rings. The molecule has 1 aromatic carbocycles. The van der Waals surface area contributed by atoms with Gasteiger partial charge in [0.1, 0.15) is 17.2 Å². The Morgan fingerprint density at radius 3 is 2.83 bits per heavy atom. The quantitative estimate of drug-likeness (QED) is 0.634. The van der Waals surface area contributed by atoms with Crippen LogP contribution in [-0.2, 0) is 16.1 Å². The molecular weight excluding hydrogens is 394 g/mol. The number of hydrogen-bond donors (Lipinski definition) is 3. The molecule has 1 unspecified atom stereocenters. The molecule has 9 heteroatoms. The van der Waals surface area contributed by atoms with Gasteiger partial charge in [-0.15, -0.1) is 0 Å². The van der Waals surface area contributed by atoms with Crippen molar-refractivity contribution in [2.24, 2.45) is 0 Å².